The normalized spacial score (nSPS) is 22.8. The summed E-state index contributed by atoms with van der Waals surface area (Å²) in [6, 6.07) is 6.33. The fraction of sp³-hybridized carbons (Fsp3) is 0.529. The third-order valence-electron chi connectivity index (χ3n) is 5.09. The third-order valence-corrected chi connectivity index (χ3v) is 5.09. The number of piperazine rings is 1. The number of benzene rings is 1. The van der Waals surface area contributed by atoms with E-state index in [9.17, 15) is 4.79 Å². The summed E-state index contributed by atoms with van der Waals surface area (Å²) in [7, 11) is 1.97. The molecule has 2 aliphatic rings. The highest BCUT2D eigenvalue weighted by Gasteiger charge is 2.31. The molecule has 1 atom stereocenters. The number of fused-ring (bicyclic) bond motifs is 1. The number of amides is 1. The maximum absolute atomic E-state index is 12.8. The van der Waals surface area contributed by atoms with E-state index in [1.54, 1.807) is 6.33 Å². The van der Waals surface area contributed by atoms with Crippen LogP contribution in [0.5, 0.6) is 0 Å². The highest BCUT2D eigenvalue weighted by atomic mass is 16.2. The number of nitrogens with one attached hydrogen (secondary N) is 1. The van der Waals surface area contributed by atoms with Crippen molar-refractivity contribution in [1.82, 2.24) is 24.7 Å². The molecular formula is C17H23N5O. The highest BCUT2D eigenvalue weighted by Crippen LogP contribution is 2.20. The first-order valence-electron chi connectivity index (χ1n) is 8.37. The van der Waals surface area contributed by atoms with Crippen LogP contribution in [0.1, 0.15) is 16.8 Å². The number of hydrogen-bond acceptors (Lipinski definition) is 4. The van der Waals surface area contributed by atoms with Gasteiger partial charge in [-0.05, 0) is 24.6 Å². The van der Waals surface area contributed by atoms with Crippen molar-refractivity contribution in [2.45, 2.75) is 12.5 Å². The Kier molecular flexibility index (Phi) is 3.79. The van der Waals surface area contributed by atoms with Gasteiger partial charge in [0.1, 0.15) is 0 Å². The molecule has 0 radical (unpaired) electrons. The maximum Gasteiger partial charge on any atom is 0.253 e. The summed E-state index contributed by atoms with van der Waals surface area (Å²) in [4.78, 5) is 21.7. The van der Waals surface area contributed by atoms with Gasteiger partial charge in [0.05, 0.1) is 17.4 Å². The SMILES string of the molecule is Cn1cnc2cc(C(=O)N3CCC(N4CCNCC4)C3)ccc21. The van der Waals surface area contributed by atoms with Crippen molar-refractivity contribution < 1.29 is 4.79 Å². The zero-order valence-electron chi connectivity index (χ0n) is 13.5. The van der Waals surface area contributed by atoms with Crippen LogP contribution in [0.25, 0.3) is 11.0 Å². The number of carbonyl (C=O) groups is 1. The first-order chi connectivity index (χ1) is 11.2. The van der Waals surface area contributed by atoms with E-state index in [0.717, 1.165) is 62.3 Å². The van der Waals surface area contributed by atoms with Gasteiger partial charge in [0.25, 0.3) is 5.91 Å². The van der Waals surface area contributed by atoms with Crippen LogP contribution in [0.2, 0.25) is 0 Å². The molecule has 0 spiro atoms. The Hall–Kier alpha value is -1.92. The minimum atomic E-state index is 0.134. The van der Waals surface area contributed by atoms with Crippen molar-refractivity contribution in [3.05, 3.63) is 30.1 Å². The number of hydrogen-bond donors (Lipinski definition) is 1. The first kappa shape index (κ1) is 14.7. The number of rotatable bonds is 2. The van der Waals surface area contributed by atoms with Gasteiger partial charge in [0.2, 0.25) is 0 Å². The lowest BCUT2D eigenvalue weighted by atomic mass is 10.1. The predicted octanol–water partition coefficient (Wildman–Crippen LogP) is 0.693. The van der Waals surface area contributed by atoms with Crippen molar-refractivity contribution in [2.75, 3.05) is 39.3 Å². The molecule has 4 rings (SSSR count). The Morgan fingerprint density at radius 3 is 2.91 bits per heavy atom. The largest absolute Gasteiger partial charge is 0.337 e. The molecule has 1 amide bonds. The number of carbonyl (C=O) groups excluding carboxylic acids is 1. The van der Waals surface area contributed by atoms with Gasteiger partial charge >= 0.3 is 0 Å². The van der Waals surface area contributed by atoms with Crippen LogP contribution in [-0.4, -0.2) is 70.6 Å². The number of aryl methyl sites for hydroxylation is 1. The number of nitrogens with zero attached hydrogens (tertiary/aromatic N) is 4. The minimum absolute atomic E-state index is 0.134. The molecule has 122 valence electrons. The first-order valence-corrected chi connectivity index (χ1v) is 8.37. The lowest BCUT2D eigenvalue weighted by molar-refractivity contribution is 0.0773. The van der Waals surface area contributed by atoms with Crippen LogP contribution in [-0.2, 0) is 7.05 Å². The topological polar surface area (TPSA) is 53.4 Å². The molecule has 23 heavy (non-hydrogen) atoms. The molecule has 3 heterocycles. The average Bonchev–Trinajstić information content (AvgIpc) is 3.22. The molecule has 0 saturated carbocycles. The summed E-state index contributed by atoms with van der Waals surface area (Å²) in [6.45, 7) is 5.99. The van der Waals surface area contributed by atoms with E-state index < -0.39 is 0 Å². The summed E-state index contributed by atoms with van der Waals surface area (Å²) in [5.41, 5.74) is 2.69. The average molecular weight is 313 g/mol. The predicted molar refractivity (Wildman–Crippen MR) is 89.5 cm³/mol. The number of aromatic nitrogens is 2. The van der Waals surface area contributed by atoms with E-state index in [1.807, 2.05) is 34.7 Å². The summed E-state index contributed by atoms with van der Waals surface area (Å²) >= 11 is 0. The molecule has 6 heteroatoms. The standard InChI is InChI=1S/C17H23N5O/c1-20-12-19-15-10-13(2-3-16(15)20)17(23)22-7-4-14(11-22)21-8-5-18-6-9-21/h2-3,10,12,14,18H,4-9,11H2,1H3. The molecule has 2 fully saturated rings. The van der Waals surface area contributed by atoms with Gasteiger partial charge in [-0.25, -0.2) is 4.98 Å². The molecule has 1 unspecified atom stereocenters. The molecule has 1 aromatic heterocycles. The summed E-state index contributed by atoms with van der Waals surface area (Å²) < 4.78 is 1.97. The fourth-order valence-electron chi connectivity index (χ4n) is 3.72. The van der Waals surface area contributed by atoms with E-state index in [0.29, 0.717) is 6.04 Å². The Labute approximate surface area is 136 Å². The molecular weight excluding hydrogens is 290 g/mol. The van der Waals surface area contributed by atoms with E-state index in [-0.39, 0.29) is 5.91 Å². The summed E-state index contributed by atoms with van der Waals surface area (Å²) in [5.74, 6) is 0.134. The van der Waals surface area contributed by atoms with Crippen LogP contribution in [0.3, 0.4) is 0 Å². The molecule has 2 aromatic rings. The van der Waals surface area contributed by atoms with Crippen LogP contribution >= 0.6 is 0 Å². The monoisotopic (exact) mass is 313 g/mol. The second kappa shape index (κ2) is 5.94. The molecule has 6 nitrogen and oxygen atoms in total. The van der Waals surface area contributed by atoms with Crippen LogP contribution in [0, 0.1) is 0 Å². The molecule has 0 bridgehead atoms. The van der Waals surface area contributed by atoms with Crippen molar-refractivity contribution in [1.29, 1.82) is 0 Å². The fourth-order valence-corrected chi connectivity index (χ4v) is 3.72. The second-order valence-electron chi connectivity index (χ2n) is 6.54. The van der Waals surface area contributed by atoms with Crippen molar-refractivity contribution in [3.8, 4) is 0 Å². The highest BCUT2D eigenvalue weighted by molar-refractivity contribution is 5.97. The third kappa shape index (κ3) is 2.72. The van der Waals surface area contributed by atoms with Gasteiger partial charge in [-0.2, -0.15) is 0 Å². The maximum atomic E-state index is 12.8. The van der Waals surface area contributed by atoms with Gasteiger partial charge in [0, 0.05) is 57.9 Å². The zero-order chi connectivity index (χ0) is 15.8. The molecule has 2 saturated heterocycles. The van der Waals surface area contributed by atoms with Crippen molar-refractivity contribution in [2.24, 2.45) is 7.05 Å². The van der Waals surface area contributed by atoms with Gasteiger partial charge in [-0.15, -0.1) is 0 Å². The van der Waals surface area contributed by atoms with Crippen LogP contribution in [0.4, 0.5) is 0 Å². The van der Waals surface area contributed by atoms with Crippen molar-refractivity contribution >= 4 is 16.9 Å². The Morgan fingerprint density at radius 1 is 1.26 bits per heavy atom. The summed E-state index contributed by atoms with van der Waals surface area (Å²) in [5, 5.41) is 3.39. The number of likely N-dealkylation sites (tertiary alicyclic amines) is 1. The van der Waals surface area contributed by atoms with Gasteiger partial charge < -0.3 is 14.8 Å². The van der Waals surface area contributed by atoms with Gasteiger partial charge in [-0.3, -0.25) is 9.69 Å². The second-order valence-corrected chi connectivity index (χ2v) is 6.54. The Balaban J connectivity index is 1.47. The van der Waals surface area contributed by atoms with Crippen LogP contribution < -0.4 is 5.32 Å². The lowest BCUT2D eigenvalue weighted by Crippen LogP contribution is -2.49. The van der Waals surface area contributed by atoms with Crippen LogP contribution in [0.15, 0.2) is 24.5 Å². The Bertz CT molecular complexity index is 719. The van der Waals surface area contributed by atoms with Gasteiger partial charge in [0.15, 0.2) is 0 Å². The molecule has 2 aliphatic heterocycles. The van der Waals surface area contributed by atoms with E-state index in [1.165, 1.54) is 0 Å². The minimum Gasteiger partial charge on any atom is -0.337 e. The smallest absolute Gasteiger partial charge is 0.253 e. The van der Waals surface area contributed by atoms with Crippen molar-refractivity contribution in [3.63, 3.8) is 0 Å². The van der Waals surface area contributed by atoms with E-state index in [4.69, 9.17) is 0 Å². The van der Waals surface area contributed by atoms with E-state index >= 15 is 0 Å². The molecule has 0 aliphatic carbocycles. The lowest BCUT2D eigenvalue weighted by Gasteiger charge is -2.32. The molecule has 1 N–H and O–H groups in total. The Morgan fingerprint density at radius 2 is 2.09 bits per heavy atom. The number of imidazole rings is 1. The van der Waals surface area contributed by atoms with E-state index in [2.05, 4.69) is 15.2 Å². The zero-order valence-corrected chi connectivity index (χ0v) is 13.5. The summed E-state index contributed by atoms with van der Waals surface area (Å²) in [6.07, 6.45) is 2.87. The quantitative estimate of drug-likeness (QED) is 0.886. The van der Waals surface area contributed by atoms with Gasteiger partial charge in [-0.1, -0.05) is 0 Å². The molecule has 1 aromatic carbocycles.